The molecule has 1 heterocycles. The lowest BCUT2D eigenvalue weighted by molar-refractivity contribution is -0.121. The Labute approximate surface area is 112 Å². The number of nitrogens with two attached hydrogens (primary N) is 1. The summed E-state index contributed by atoms with van der Waals surface area (Å²) in [5.41, 5.74) is 7.08. The standard InChI is InChI=1S/C12H21N5O2/c1-7(2)15-9(18)5-6-14-12(19)11-10(13)8(3)16-17(11)4/h7H,5-6,13H2,1-4H3,(H,14,19)(H,15,18). The van der Waals surface area contributed by atoms with Crippen LogP contribution in [0.4, 0.5) is 5.69 Å². The van der Waals surface area contributed by atoms with Gasteiger partial charge in [-0.2, -0.15) is 5.10 Å². The number of aromatic nitrogens is 2. The molecule has 106 valence electrons. The van der Waals surface area contributed by atoms with Gasteiger partial charge in [-0.1, -0.05) is 0 Å². The molecule has 2 amide bonds. The van der Waals surface area contributed by atoms with E-state index in [2.05, 4.69) is 15.7 Å². The van der Waals surface area contributed by atoms with Crippen molar-refractivity contribution < 1.29 is 9.59 Å². The zero-order valence-corrected chi connectivity index (χ0v) is 11.8. The third-order valence-electron chi connectivity index (χ3n) is 2.57. The molecule has 7 heteroatoms. The largest absolute Gasteiger partial charge is 0.395 e. The number of anilines is 1. The van der Waals surface area contributed by atoms with Crippen molar-refractivity contribution in [2.24, 2.45) is 7.05 Å². The number of nitrogens with one attached hydrogen (secondary N) is 2. The van der Waals surface area contributed by atoms with Gasteiger partial charge in [-0.3, -0.25) is 14.3 Å². The number of nitrogen functional groups attached to an aromatic ring is 1. The van der Waals surface area contributed by atoms with E-state index in [0.717, 1.165) is 0 Å². The van der Waals surface area contributed by atoms with Crippen molar-refractivity contribution in [3.8, 4) is 0 Å². The van der Waals surface area contributed by atoms with Crippen LogP contribution in [0, 0.1) is 6.92 Å². The second kappa shape index (κ2) is 6.21. The number of carbonyl (C=O) groups is 2. The molecule has 4 N–H and O–H groups in total. The van der Waals surface area contributed by atoms with Crippen molar-refractivity contribution in [3.63, 3.8) is 0 Å². The fourth-order valence-corrected chi connectivity index (χ4v) is 1.71. The van der Waals surface area contributed by atoms with Crippen LogP contribution in [0.15, 0.2) is 0 Å². The molecule has 0 radical (unpaired) electrons. The predicted octanol–water partition coefficient (Wildman–Crippen LogP) is -0.0448. The number of hydrogen-bond donors (Lipinski definition) is 3. The molecule has 0 saturated carbocycles. The molecular weight excluding hydrogens is 246 g/mol. The molecule has 0 spiro atoms. The summed E-state index contributed by atoms with van der Waals surface area (Å²) in [7, 11) is 1.66. The quantitative estimate of drug-likeness (QED) is 0.696. The highest BCUT2D eigenvalue weighted by Gasteiger charge is 2.17. The molecule has 0 bridgehead atoms. The van der Waals surface area contributed by atoms with Crippen LogP contribution in [0.5, 0.6) is 0 Å². The van der Waals surface area contributed by atoms with Crippen molar-refractivity contribution in [1.29, 1.82) is 0 Å². The molecule has 0 fully saturated rings. The van der Waals surface area contributed by atoms with Gasteiger partial charge < -0.3 is 16.4 Å². The SMILES string of the molecule is Cc1nn(C)c(C(=O)NCCC(=O)NC(C)C)c1N. The minimum absolute atomic E-state index is 0.0931. The molecule has 0 aliphatic carbocycles. The van der Waals surface area contributed by atoms with Gasteiger partial charge in [0, 0.05) is 26.1 Å². The van der Waals surface area contributed by atoms with Crippen LogP contribution in [-0.2, 0) is 11.8 Å². The average Bonchev–Trinajstić information content (AvgIpc) is 2.51. The van der Waals surface area contributed by atoms with Crippen molar-refractivity contribution >= 4 is 17.5 Å². The van der Waals surface area contributed by atoms with Crippen molar-refractivity contribution in [1.82, 2.24) is 20.4 Å². The zero-order chi connectivity index (χ0) is 14.6. The van der Waals surface area contributed by atoms with Crippen LogP contribution in [-0.4, -0.2) is 34.2 Å². The van der Waals surface area contributed by atoms with E-state index in [0.29, 0.717) is 17.1 Å². The van der Waals surface area contributed by atoms with E-state index >= 15 is 0 Å². The first-order chi connectivity index (χ1) is 8.82. The van der Waals surface area contributed by atoms with Gasteiger partial charge in [0.2, 0.25) is 5.91 Å². The topological polar surface area (TPSA) is 102 Å². The highest BCUT2D eigenvalue weighted by Crippen LogP contribution is 2.14. The third kappa shape index (κ3) is 3.97. The van der Waals surface area contributed by atoms with E-state index < -0.39 is 0 Å². The number of aryl methyl sites for hydroxylation is 2. The summed E-state index contributed by atoms with van der Waals surface area (Å²) in [6.07, 6.45) is 0.237. The van der Waals surface area contributed by atoms with Gasteiger partial charge in [-0.25, -0.2) is 0 Å². The summed E-state index contributed by atoms with van der Waals surface area (Å²) in [5, 5.41) is 9.47. The molecule has 0 aliphatic rings. The number of amides is 2. The molecule has 1 aromatic rings. The van der Waals surface area contributed by atoms with Crippen molar-refractivity contribution in [3.05, 3.63) is 11.4 Å². The number of rotatable bonds is 5. The maximum absolute atomic E-state index is 11.9. The molecule has 19 heavy (non-hydrogen) atoms. The van der Waals surface area contributed by atoms with Gasteiger partial charge in [0.05, 0.1) is 11.4 Å². The number of nitrogens with zero attached hydrogens (tertiary/aromatic N) is 2. The first-order valence-corrected chi connectivity index (χ1v) is 6.19. The molecule has 1 rings (SSSR count). The van der Waals surface area contributed by atoms with Crippen LogP contribution in [0.3, 0.4) is 0 Å². The number of hydrogen-bond acceptors (Lipinski definition) is 4. The Balaban J connectivity index is 2.50. The van der Waals surface area contributed by atoms with Gasteiger partial charge in [0.1, 0.15) is 5.69 Å². The Morgan fingerprint density at radius 1 is 1.42 bits per heavy atom. The zero-order valence-electron chi connectivity index (χ0n) is 11.8. The summed E-state index contributed by atoms with van der Waals surface area (Å²) in [6.45, 7) is 5.77. The lowest BCUT2D eigenvalue weighted by Crippen LogP contribution is -2.34. The predicted molar refractivity (Wildman–Crippen MR) is 72.6 cm³/mol. The van der Waals surface area contributed by atoms with Gasteiger partial charge in [0.15, 0.2) is 0 Å². The second-order valence-electron chi connectivity index (χ2n) is 4.70. The lowest BCUT2D eigenvalue weighted by Gasteiger charge is -2.09. The van der Waals surface area contributed by atoms with E-state index in [1.165, 1.54) is 4.68 Å². The van der Waals surface area contributed by atoms with E-state index in [9.17, 15) is 9.59 Å². The molecular formula is C12H21N5O2. The second-order valence-corrected chi connectivity index (χ2v) is 4.70. The normalized spacial score (nSPS) is 10.6. The highest BCUT2D eigenvalue weighted by atomic mass is 16.2. The van der Waals surface area contributed by atoms with Crippen LogP contribution >= 0.6 is 0 Å². The fourth-order valence-electron chi connectivity index (χ4n) is 1.71. The minimum atomic E-state index is -0.321. The smallest absolute Gasteiger partial charge is 0.271 e. The summed E-state index contributed by atoms with van der Waals surface area (Å²) < 4.78 is 1.44. The monoisotopic (exact) mass is 267 g/mol. The van der Waals surface area contributed by atoms with E-state index in [4.69, 9.17) is 5.73 Å². The van der Waals surface area contributed by atoms with E-state index in [-0.39, 0.29) is 30.8 Å². The van der Waals surface area contributed by atoms with Gasteiger partial charge >= 0.3 is 0 Å². The Morgan fingerprint density at radius 2 is 2.05 bits per heavy atom. The van der Waals surface area contributed by atoms with Gasteiger partial charge in [-0.15, -0.1) is 0 Å². The Hall–Kier alpha value is -2.05. The average molecular weight is 267 g/mol. The first-order valence-electron chi connectivity index (χ1n) is 6.19. The first kappa shape index (κ1) is 15.0. The van der Waals surface area contributed by atoms with E-state index in [1.54, 1.807) is 14.0 Å². The Morgan fingerprint density at radius 3 is 2.53 bits per heavy atom. The molecule has 0 aliphatic heterocycles. The Bertz CT molecular complexity index is 479. The lowest BCUT2D eigenvalue weighted by atomic mass is 10.3. The van der Waals surface area contributed by atoms with E-state index in [1.807, 2.05) is 13.8 Å². The molecule has 0 aromatic carbocycles. The van der Waals surface area contributed by atoms with Crippen molar-refractivity contribution in [2.45, 2.75) is 33.2 Å². The summed E-state index contributed by atoms with van der Waals surface area (Å²) in [4.78, 5) is 23.3. The summed E-state index contributed by atoms with van der Waals surface area (Å²) in [5.74, 6) is -0.414. The fraction of sp³-hybridized carbons (Fsp3) is 0.583. The van der Waals surface area contributed by atoms with Crippen LogP contribution in [0.2, 0.25) is 0 Å². The summed E-state index contributed by atoms with van der Waals surface area (Å²) in [6, 6.07) is 0.0959. The van der Waals surface area contributed by atoms with Crippen LogP contribution < -0.4 is 16.4 Å². The minimum Gasteiger partial charge on any atom is -0.395 e. The van der Waals surface area contributed by atoms with Gasteiger partial charge in [0.25, 0.3) is 5.91 Å². The summed E-state index contributed by atoms with van der Waals surface area (Å²) >= 11 is 0. The maximum Gasteiger partial charge on any atom is 0.271 e. The third-order valence-corrected chi connectivity index (χ3v) is 2.57. The maximum atomic E-state index is 11.9. The van der Waals surface area contributed by atoms with Crippen LogP contribution in [0.1, 0.15) is 36.5 Å². The number of carbonyl (C=O) groups excluding carboxylic acids is 2. The molecule has 0 unspecified atom stereocenters. The Kier molecular flexibility index (Phi) is 4.91. The molecule has 0 atom stereocenters. The molecule has 7 nitrogen and oxygen atoms in total. The van der Waals surface area contributed by atoms with Crippen molar-refractivity contribution in [2.75, 3.05) is 12.3 Å². The van der Waals surface area contributed by atoms with Crippen LogP contribution in [0.25, 0.3) is 0 Å². The molecule has 1 aromatic heterocycles. The van der Waals surface area contributed by atoms with Gasteiger partial charge in [-0.05, 0) is 20.8 Å². The highest BCUT2D eigenvalue weighted by molar-refractivity contribution is 5.98. The molecule has 0 saturated heterocycles.